The summed E-state index contributed by atoms with van der Waals surface area (Å²) >= 11 is 13.0. The van der Waals surface area contributed by atoms with E-state index in [9.17, 15) is 0 Å². The molecule has 1 aromatic rings. The molecule has 50 valence electrons. The fraction of sp³-hybridized carbons (Fsp3) is 0.333. The van der Waals surface area contributed by atoms with Crippen molar-refractivity contribution in [1.82, 2.24) is 0 Å². The van der Waals surface area contributed by atoms with Crippen LogP contribution in [0.25, 0.3) is 0 Å². The number of thiophene rings is 1. The minimum Gasteiger partial charge on any atom is -0.127 e. The molecular weight excluding hydrogens is 175 g/mol. The molecule has 0 N–H and O–H groups in total. The Kier molecular flexibility index (Phi) is 2.04. The Labute approximate surface area is 68.4 Å². The lowest BCUT2D eigenvalue weighted by Crippen LogP contribution is -1.66. The van der Waals surface area contributed by atoms with Gasteiger partial charge in [-0.05, 0) is 19.4 Å². The van der Waals surface area contributed by atoms with Crippen LogP contribution in [0.1, 0.15) is 10.4 Å². The van der Waals surface area contributed by atoms with E-state index < -0.39 is 0 Å². The Morgan fingerprint density at radius 3 is 1.89 bits per heavy atom. The number of hydrogen-bond acceptors (Lipinski definition) is 1. The van der Waals surface area contributed by atoms with Crippen molar-refractivity contribution in [2.45, 2.75) is 13.8 Å². The average Bonchev–Trinajstić information content (AvgIpc) is 1.98. The van der Waals surface area contributed by atoms with Gasteiger partial charge in [-0.25, -0.2) is 0 Å². The molecule has 3 heteroatoms. The van der Waals surface area contributed by atoms with Crippen LogP contribution < -0.4 is 0 Å². The number of halogens is 2. The zero-order valence-electron chi connectivity index (χ0n) is 5.16. The summed E-state index contributed by atoms with van der Waals surface area (Å²) < 4.78 is 0.701. The van der Waals surface area contributed by atoms with E-state index in [0.29, 0.717) is 9.36 Å². The summed E-state index contributed by atoms with van der Waals surface area (Å²) in [5.74, 6) is 0. The zero-order chi connectivity index (χ0) is 7.02. The lowest BCUT2D eigenvalue weighted by atomic mass is 10.3. The first-order chi connectivity index (χ1) is 4.13. The second-order valence-corrected chi connectivity index (χ2v) is 4.08. The molecule has 1 rings (SSSR count). The summed E-state index contributed by atoms with van der Waals surface area (Å²) in [5.41, 5.74) is 1.10. The van der Waals surface area contributed by atoms with E-state index in [0.717, 1.165) is 5.56 Å². The second kappa shape index (κ2) is 2.49. The van der Waals surface area contributed by atoms with Crippen LogP contribution in [0.15, 0.2) is 0 Å². The van der Waals surface area contributed by atoms with E-state index in [1.165, 1.54) is 16.2 Å². The van der Waals surface area contributed by atoms with Crippen molar-refractivity contribution in [3.8, 4) is 0 Å². The standard InChI is InChI=1S/C6H6Cl2S/c1-3-4(2)9-6(8)5(3)7/h1-2H3. The van der Waals surface area contributed by atoms with Crippen molar-refractivity contribution >= 4 is 34.5 Å². The molecule has 0 spiro atoms. The minimum atomic E-state index is 0.701. The van der Waals surface area contributed by atoms with Crippen molar-refractivity contribution in [3.63, 3.8) is 0 Å². The van der Waals surface area contributed by atoms with Gasteiger partial charge in [0.1, 0.15) is 4.34 Å². The van der Waals surface area contributed by atoms with Gasteiger partial charge in [0.25, 0.3) is 0 Å². The monoisotopic (exact) mass is 180 g/mol. The molecule has 0 saturated carbocycles. The van der Waals surface area contributed by atoms with E-state index in [-0.39, 0.29) is 0 Å². The topological polar surface area (TPSA) is 0 Å². The summed E-state index contributed by atoms with van der Waals surface area (Å²) in [6.07, 6.45) is 0. The molecule has 0 radical (unpaired) electrons. The maximum absolute atomic E-state index is 5.78. The van der Waals surface area contributed by atoms with Crippen molar-refractivity contribution < 1.29 is 0 Å². The fourth-order valence-electron chi connectivity index (χ4n) is 0.558. The van der Waals surface area contributed by atoms with Gasteiger partial charge in [-0.3, -0.25) is 0 Å². The van der Waals surface area contributed by atoms with E-state index in [4.69, 9.17) is 23.2 Å². The molecule has 0 atom stereocenters. The van der Waals surface area contributed by atoms with Gasteiger partial charge in [0.2, 0.25) is 0 Å². The maximum Gasteiger partial charge on any atom is 0.112 e. The molecule has 0 nitrogen and oxygen atoms in total. The highest BCUT2D eigenvalue weighted by Crippen LogP contribution is 2.35. The van der Waals surface area contributed by atoms with E-state index >= 15 is 0 Å². The first-order valence-electron chi connectivity index (χ1n) is 2.54. The van der Waals surface area contributed by atoms with E-state index in [1.54, 1.807) is 0 Å². The number of hydrogen-bond donors (Lipinski definition) is 0. The van der Waals surface area contributed by atoms with Crippen molar-refractivity contribution in [2.75, 3.05) is 0 Å². The third kappa shape index (κ3) is 1.23. The van der Waals surface area contributed by atoms with Gasteiger partial charge in [0, 0.05) is 4.88 Å². The first kappa shape index (κ1) is 7.39. The summed E-state index contributed by atoms with van der Waals surface area (Å²) in [6, 6.07) is 0. The highest BCUT2D eigenvalue weighted by molar-refractivity contribution is 7.17. The molecule has 1 heterocycles. The quantitative estimate of drug-likeness (QED) is 0.572. The van der Waals surface area contributed by atoms with Crippen LogP contribution in [-0.4, -0.2) is 0 Å². The second-order valence-electron chi connectivity index (χ2n) is 1.87. The summed E-state index contributed by atoms with van der Waals surface area (Å²) in [5, 5.41) is 0.708. The Balaban J connectivity index is 3.29. The Morgan fingerprint density at radius 2 is 1.78 bits per heavy atom. The van der Waals surface area contributed by atoms with Gasteiger partial charge in [0.15, 0.2) is 0 Å². The molecule has 0 unspecified atom stereocenters. The van der Waals surface area contributed by atoms with Gasteiger partial charge in [-0.2, -0.15) is 0 Å². The van der Waals surface area contributed by atoms with E-state index in [2.05, 4.69) is 0 Å². The Hall–Kier alpha value is 0.280. The van der Waals surface area contributed by atoms with Crippen LogP contribution in [0.2, 0.25) is 9.36 Å². The fourth-order valence-corrected chi connectivity index (χ4v) is 2.13. The Morgan fingerprint density at radius 1 is 1.22 bits per heavy atom. The molecule has 0 aromatic carbocycles. The van der Waals surface area contributed by atoms with Crippen LogP contribution in [0.3, 0.4) is 0 Å². The highest BCUT2D eigenvalue weighted by atomic mass is 35.5. The maximum atomic E-state index is 5.78. The Bertz CT molecular complexity index is 205. The van der Waals surface area contributed by atoms with Crippen molar-refractivity contribution in [3.05, 3.63) is 19.8 Å². The lowest BCUT2D eigenvalue weighted by molar-refractivity contribution is 1.44. The van der Waals surface area contributed by atoms with Gasteiger partial charge in [-0.1, -0.05) is 23.2 Å². The average molecular weight is 181 g/mol. The molecule has 0 fully saturated rings. The van der Waals surface area contributed by atoms with Gasteiger partial charge < -0.3 is 0 Å². The minimum absolute atomic E-state index is 0.701. The van der Waals surface area contributed by atoms with E-state index in [1.807, 2.05) is 13.8 Å². The number of aryl methyl sites for hydroxylation is 1. The zero-order valence-corrected chi connectivity index (χ0v) is 7.49. The van der Waals surface area contributed by atoms with Crippen molar-refractivity contribution in [1.29, 1.82) is 0 Å². The summed E-state index contributed by atoms with van der Waals surface area (Å²) in [4.78, 5) is 1.20. The molecule has 0 saturated heterocycles. The predicted octanol–water partition coefficient (Wildman–Crippen LogP) is 3.67. The molecule has 9 heavy (non-hydrogen) atoms. The molecule has 1 aromatic heterocycles. The number of rotatable bonds is 0. The van der Waals surface area contributed by atoms with Crippen LogP contribution >= 0.6 is 34.5 Å². The largest absolute Gasteiger partial charge is 0.127 e. The summed E-state index contributed by atoms with van der Waals surface area (Å²) in [6.45, 7) is 3.98. The van der Waals surface area contributed by atoms with Crippen LogP contribution in [0.4, 0.5) is 0 Å². The molecule has 0 aliphatic rings. The van der Waals surface area contributed by atoms with Crippen molar-refractivity contribution in [2.24, 2.45) is 0 Å². The van der Waals surface area contributed by atoms with Gasteiger partial charge in [0.05, 0.1) is 5.02 Å². The normalized spacial score (nSPS) is 10.2. The molecule has 0 aliphatic heterocycles. The predicted molar refractivity (Wildman–Crippen MR) is 43.8 cm³/mol. The lowest BCUT2D eigenvalue weighted by Gasteiger charge is -1.85. The van der Waals surface area contributed by atoms with Crippen LogP contribution in [-0.2, 0) is 0 Å². The third-order valence-corrected chi connectivity index (χ3v) is 3.37. The molecular formula is C6H6Cl2S. The third-order valence-electron chi connectivity index (χ3n) is 1.27. The van der Waals surface area contributed by atoms with Gasteiger partial charge >= 0.3 is 0 Å². The van der Waals surface area contributed by atoms with Gasteiger partial charge in [-0.15, -0.1) is 11.3 Å². The van der Waals surface area contributed by atoms with Crippen LogP contribution in [0, 0.1) is 13.8 Å². The summed E-state index contributed by atoms with van der Waals surface area (Å²) in [7, 11) is 0. The van der Waals surface area contributed by atoms with Crippen LogP contribution in [0.5, 0.6) is 0 Å². The smallest absolute Gasteiger partial charge is 0.112 e. The first-order valence-corrected chi connectivity index (χ1v) is 4.11. The molecule has 0 amide bonds. The SMILES string of the molecule is Cc1sc(Cl)c(Cl)c1C. The molecule has 0 aliphatic carbocycles. The highest BCUT2D eigenvalue weighted by Gasteiger charge is 2.06. The molecule has 0 bridgehead atoms.